The summed E-state index contributed by atoms with van der Waals surface area (Å²) in [6.07, 6.45) is 1.19. The van der Waals surface area contributed by atoms with Gasteiger partial charge in [0.15, 0.2) is 0 Å². The van der Waals surface area contributed by atoms with Gasteiger partial charge in [0.25, 0.3) is 0 Å². The molecule has 1 aromatic carbocycles. The van der Waals surface area contributed by atoms with Crippen LogP contribution in [-0.2, 0) is 29.1 Å². The lowest BCUT2D eigenvalue weighted by Gasteiger charge is -2.32. The number of carbonyl (C=O) groups is 3. The molecule has 1 atom stereocenters. The number of hydrogen-bond donors (Lipinski definition) is 1. The number of esters is 1. The fraction of sp³-hybridized carbons (Fsp3) is 0.550. The number of sulfonamides is 1. The van der Waals surface area contributed by atoms with Crippen LogP contribution in [0.2, 0.25) is 0 Å². The molecule has 31 heavy (non-hydrogen) atoms. The van der Waals surface area contributed by atoms with Crippen molar-refractivity contribution in [2.24, 2.45) is 5.92 Å². The molecule has 0 aliphatic carbocycles. The number of likely N-dealkylation sites (N-methyl/N-ethyl adjacent to an activating group) is 1. The van der Waals surface area contributed by atoms with Gasteiger partial charge in [-0.1, -0.05) is 0 Å². The van der Waals surface area contributed by atoms with Gasteiger partial charge < -0.3 is 14.5 Å². The molecule has 2 amide bonds. The smallest absolute Gasteiger partial charge is 0.310 e. The quantitative estimate of drug-likeness (QED) is 0.548. The van der Waals surface area contributed by atoms with Crippen molar-refractivity contribution < 1.29 is 31.9 Å². The third kappa shape index (κ3) is 7.28. The van der Waals surface area contributed by atoms with Crippen LogP contribution in [0, 0.1) is 11.7 Å². The second-order valence-electron chi connectivity index (χ2n) is 7.28. The number of benzene rings is 1. The molecule has 0 spiro atoms. The fourth-order valence-corrected chi connectivity index (χ4v) is 4.26. The van der Waals surface area contributed by atoms with E-state index in [4.69, 9.17) is 4.74 Å². The SMILES string of the molecule is CCOC(=O)C1CCCN(C(=O)CN(C)C(=O)CCNS(=O)(=O)c2ccc(F)cc2)C1. The summed E-state index contributed by atoms with van der Waals surface area (Å²) in [7, 11) is -2.40. The Labute approximate surface area is 181 Å². The van der Waals surface area contributed by atoms with Gasteiger partial charge in [0, 0.05) is 33.1 Å². The van der Waals surface area contributed by atoms with Crippen molar-refractivity contribution in [1.29, 1.82) is 0 Å². The molecule has 0 bridgehead atoms. The second kappa shape index (κ2) is 11.2. The number of amides is 2. The molecule has 1 aliphatic heterocycles. The standard InChI is InChI=1S/C20H28FN3O6S/c1-3-30-20(27)15-5-4-12-24(13-15)19(26)14-23(2)18(25)10-11-22-31(28,29)17-8-6-16(21)7-9-17/h6-9,15,22H,3-5,10-14H2,1-2H3. The van der Waals surface area contributed by atoms with Gasteiger partial charge in [-0.25, -0.2) is 17.5 Å². The van der Waals surface area contributed by atoms with Gasteiger partial charge in [-0.2, -0.15) is 0 Å². The van der Waals surface area contributed by atoms with Gasteiger partial charge in [-0.05, 0) is 44.0 Å². The molecule has 1 fully saturated rings. The maximum Gasteiger partial charge on any atom is 0.310 e. The predicted octanol–water partition coefficient (Wildman–Crippen LogP) is 0.754. The lowest BCUT2D eigenvalue weighted by atomic mass is 9.98. The van der Waals surface area contributed by atoms with Gasteiger partial charge in [-0.15, -0.1) is 0 Å². The van der Waals surface area contributed by atoms with Crippen molar-refractivity contribution >= 4 is 27.8 Å². The van der Waals surface area contributed by atoms with E-state index in [2.05, 4.69) is 4.72 Å². The van der Waals surface area contributed by atoms with E-state index >= 15 is 0 Å². The van der Waals surface area contributed by atoms with Gasteiger partial charge in [0.05, 0.1) is 24.0 Å². The number of ether oxygens (including phenoxy) is 1. The zero-order valence-electron chi connectivity index (χ0n) is 17.7. The first-order valence-corrected chi connectivity index (χ1v) is 11.6. The normalized spacial score (nSPS) is 16.6. The highest BCUT2D eigenvalue weighted by Gasteiger charge is 2.30. The first-order chi connectivity index (χ1) is 14.6. The van der Waals surface area contributed by atoms with Crippen LogP contribution in [-0.4, -0.2) is 75.8 Å². The molecule has 0 radical (unpaired) electrons. The van der Waals surface area contributed by atoms with Crippen molar-refractivity contribution in [3.63, 3.8) is 0 Å². The largest absolute Gasteiger partial charge is 0.466 e. The van der Waals surface area contributed by atoms with Crippen molar-refractivity contribution in [3.05, 3.63) is 30.1 Å². The Balaban J connectivity index is 1.80. The minimum atomic E-state index is -3.86. The van der Waals surface area contributed by atoms with Crippen LogP contribution in [0.25, 0.3) is 0 Å². The molecule has 0 aromatic heterocycles. The first-order valence-electron chi connectivity index (χ1n) is 10.1. The van der Waals surface area contributed by atoms with E-state index in [-0.39, 0.29) is 55.4 Å². The third-order valence-electron chi connectivity index (χ3n) is 4.95. The Hall–Kier alpha value is -2.53. The molecule has 0 saturated carbocycles. The summed E-state index contributed by atoms with van der Waals surface area (Å²) < 4.78 is 44.6. The minimum absolute atomic E-state index is 0.105. The van der Waals surface area contributed by atoms with Crippen molar-refractivity contribution in [2.45, 2.75) is 31.1 Å². The van der Waals surface area contributed by atoms with E-state index < -0.39 is 21.7 Å². The summed E-state index contributed by atoms with van der Waals surface area (Å²) in [5.74, 6) is -1.93. The highest BCUT2D eigenvalue weighted by atomic mass is 32.2. The average Bonchev–Trinajstić information content (AvgIpc) is 2.74. The molecule has 9 nitrogen and oxygen atoms in total. The highest BCUT2D eigenvalue weighted by molar-refractivity contribution is 7.89. The zero-order chi connectivity index (χ0) is 23.0. The molecule has 1 aliphatic rings. The van der Waals surface area contributed by atoms with E-state index in [0.717, 1.165) is 24.3 Å². The highest BCUT2D eigenvalue weighted by Crippen LogP contribution is 2.18. The third-order valence-corrected chi connectivity index (χ3v) is 6.42. The number of rotatable bonds is 9. The Morgan fingerprint density at radius 1 is 1.26 bits per heavy atom. The van der Waals surface area contributed by atoms with Gasteiger partial charge in [0.2, 0.25) is 21.8 Å². The van der Waals surface area contributed by atoms with Gasteiger partial charge in [-0.3, -0.25) is 14.4 Å². The molecule has 2 rings (SSSR count). The van der Waals surface area contributed by atoms with Gasteiger partial charge >= 0.3 is 5.97 Å². The Kier molecular flexibility index (Phi) is 8.93. The summed E-state index contributed by atoms with van der Waals surface area (Å²) in [6.45, 7) is 2.45. The van der Waals surface area contributed by atoms with Crippen LogP contribution in [0.5, 0.6) is 0 Å². The van der Waals surface area contributed by atoms with Crippen LogP contribution in [0.4, 0.5) is 4.39 Å². The summed E-state index contributed by atoms with van der Waals surface area (Å²) in [4.78, 5) is 39.4. The van der Waals surface area contributed by atoms with Crippen molar-refractivity contribution in [3.8, 4) is 0 Å². The number of carbonyl (C=O) groups excluding carboxylic acids is 3. The molecule has 1 N–H and O–H groups in total. The zero-order valence-corrected chi connectivity index (χ0v) is 18.5. The molecule has 1 heterocycles. The number of nitrogens with one attached hydrogen (secondary N) is 1. The molecule has 172 valence electrons. The molecule has 1 saturated heterocycles. The molecule has 11 heteroatoms. The van der Waals surface area contributed by atoms with Crippen LogP contribution in [0.1, 0.15) is 26.2 Å². The summed E-state index contributed by atoms with van der Waals surface area (Å²) >= 11 is 0. The number of likely N-dealkylation sites (tertiary alicyclic amines) is 1. The van der Waals surface area contributed by atoms with E-state index in [0.29, 0.717) is 19.4 Å². The van der Waals surface area contributed by atoms with Crippen LogP contribution in [0.3, 0.4) is 0 Å². The number of nitrogens with zero attached hydrogens (tertiary/aromatic N) is 2. The Morgan fingerprint density at radius 3 is 2.58 bits per heavy atom. The summed E-state index contributed by atoms with van der Waals surface area (Å²) in [6, 6.07) is 4.33. The predicted molar refractivity (Wildman–Crippen MR) is 110 cm³/mol. The van der Waals surface area contributed by atoms with E-state index in [9.17, 15) is 27.2 Å². The van der Waals surface area contributed by atoms with E-state index in [1.807, 2.05) is 0 Å². The Bertz CT molecular complexity index is 891. The Morgan fingerprint density at radius 2 is 1.94 bits per heavy atom. The lowest BCUT2D eigenvalue weighted by Crippen LogP contribution is -2.47. The van der Waals surface area contributed by atoms with E-state index in [1.54, 1.807) is 11.8 Å². The van der Waals surface area contributed by atoms with Gasteiger partial charge in [0.1, 0.15) is 5.82 Å². The lowest BCUT2D eigenvalue weighted by molar-refractivity contribution is -0.152. The average molecular weight is 458 g/mol. The van der Waals surface area contributed by atoms with Crippen molar-refractivity contribution in [2.75, 3.05) is 39.8 Å². The summed E-state index contributed by atoms with van der Waals surface area (Å²) in [5.41, 5.74) is 0. The maximum absolute atomic E-state index is 12.9. The maximum atomic E-state index is 12.9. The first kappa shape index (κ1) is 24.7. The van der Waals surface area contributed by atoms with Crippen molar-refractivity contribution in [1.82, 2.24) is 14.5 Å². The summed E-state index contributed by atoms with van der Waals surface area (Å²) in [5, 5.41) is 0. The van der Waals surface area contributed by atoms with E-state index in [1.165, 1.54) is 11.9 Å². The van der Waals surface area contributed by atoms with Crippen LogP contribution in [0.15, 0.2) is 29.2 Å². The molecular formula is C20H28FN3O6S. The topological polar surface area (TPSA) is 113 Å². The number of piperidine rings is 1. The van der Waals surface area contributed by atoms with Crippen LogP contribution >= 0.6 is 0 Å². The van der Waals surface area contributed by atoms with Crippen LogP contribution < -0.4 is 4.72 Å². The monoisotopic (exact) mass is 457 g/mol. The number of halogens is 1. The fourth-order valence-electron chi connectivity index (χ4n) is 3.23. The second-order valence-corrected chi connectivity index (χ2v) is 9.05. The molecule has 1 unspecified atom stereocenters. The molecule has 1 aromatic rings. The molecular weight excluding hydrogens is 429 g/mol. The number of hydrogen-bond acceptors (Lipinski definition) is 6. The minimum Gasteiger partial charge on any atom is -0.466 e.